The van der Waals surface area contributed by atoms with Crippen LogP contribution in [0.4, 0.5) is 0 Å². The molecule has 1 aromatic carbocycles. The molecule has 0 radical (unpaired) electrons. The summed E-state index contributed by atoms with van der Waals surface area (Å²) in [4.78, 5) is 37.2. The molecule has 1 N–H and O–H groups in total. The summed E-state index contributed by atoms with van der Waals surface area (Å²) in [5, 5.41) is 3.84. The van der Waals surface area contributed by atoms with Crippen LogP contribution in [-0.2, 0) is 9.59 Å². The molecule has 1 atom stereocenters. The molecule has 1 aromatic heterocycles. The van der Waals surface area contributed by atoms with E-state index in [1.807, 2.05) is 4.90 Å². The Morgan fingerprint density at radius 2 is 2.14 bits per heavy atom. The Labute approximate surface area is 167 Å². The number of amides is 2. The van der Waals surface area contributed by atoms with Gasteiger partial charge in [-0.05, 0) is 38.3 Å². The summed E-state index contributed by atoms with van der Waals surface area (Å²) in [5.74, 6) is 0.165. The van der Waals surface area contributed by atoms with E-state index in [0.717, 1.165) is 18.5 Å². The standard InChI is InChI=1S/C20H23ClN2O5/c1-12-9-19(25)28-16-11-17(15(21)10-14(12)16)27-13(2)20(26)22-6-4-8-23-7-3-5-18(23)24/h9-11,13H,3-8H2,1-2H3,(H,22,26)/t13-/m0/s1. The quantitative estimate of drug-likeness (QED) is 0.564. The molecule has 1 fully saturated rings. The van der Waals surface area contributed by atoms with Crippen LogP contribution in [-0.4, -0.2) is 42.5 Å². The van der Waals surface area contributed by atoms with Gasteiger partial charge in [-0.15, -0.1) is 0 Å². The smallest absolute Gasteiger partial charge is 0.336 e. The molecule has 8 heteroatoms. The number of halogens is 1. The molecular formula is C20H23ClN2O5. The molecule has 28 heavy (non-hydrogen) atoms. The third-order valence-electron chi connectivity index (χ3n) is 4.75. The number of carbonyl (C=O) groups is 2. The van der Waals surface area contributed by atoms with Gasteiger partial charge in [0, 0.05) is 43.6 Å². The average Bonchev–Trinajstić information content (AvgIpc) is 3.04. The van der Waals surface area contributed by atoms with Crippen molar-refractivity contribution in [1.82, 2.24) is 10.2 Å². The van der Waals surface area contributed by atoms with Crippen molar-refractivity contribution in [2.75, 3.05) is 19.6 Å². The molecule has 2 heterocycles. The first-order valence-corrected chi connectivity index (χ1v) is 9.69. The number of ether oxygens (including phenoxy) is 1. The van der Waals surface area contributed by atoms with Gasteiger partial charge < -0.3 is 19.4 Å². The number of likely N-dealkylation sites (tertiary alicyclic amines) is 1. The Morgan fingerprint density at radius 3 is 2.86 bits per heavy atom. The van der Waals surface area contributed by atoms with Crippen molar-refractivity contribution in [3.05, 3.63) is 39.2 Å². The van der Waals surface area contributed by atoms with E-state index >= 15 is 0 Å². The van der Waals surface area contributed by atoms with Crippen LogP contribution in [0.3, 0.4) is 0 Å². The zero-order valence-corrected chi connectivity index (χ0v) is 16.7. The minimum absolute atomic E-state index is 0.177. The van der Waals surface area contributed by atoms with Crippen LogP contribution in [0, 0.1) is 6.92 Å². The molecule has 0 spiro atoms. The Kier molecular flexibility index (Phi) is 6.24. The fourth-order valence-electron chi connectivity index (χ4n) is 3.22. The number of benzene rings is 1. The highest BCUT2D eigenvalue weighted by molar-refractivity contribution is 6.32. The van der Waals surface area contributed by atoms with Crippen LogP contribution in [0.15, 0.2) is 27.4 Å². The van der Waals surface area contributed by atoms with Gasteiger partial charge in [-0.1, -0.05) is 11.6 Å². The first kappa shape index (κ1) is 20.2. The fraction of sp³-hybridized carbons (Fsp3) is 0.450. The summed E-state index contributed by atoms with van der Waals surface area (Å²) >= 11 is 6.26. The number of aryl methyl sites for hydroxylation is 1. The molecule has 0 saturated carbocycles. The van der Waals surface area contributed by atoms with Crippen LogP contribution in [0.1, 0.15) is 31.7 Å². The summed E-state index contributed by atoms with van der Waals surface area (Å²) in [6.07, 6.45) is 1.43. The fourth-order valence-corrected chi connectivity index (χ4v) is 3.43. The second kappa shape index (κ2) is 8.65. The van der Waals surface area contributed by atoms with Gasteiger partial charge >= 0.3 is 5.63 Å². The van der Waals surface area contributed by atoms with Gasteiger partial charge in [0.2, 0.25) is 5.91 Å². The number of fused-ring (bicyclic) bond motifs is 1. The Hall–Kier alpha value is -2.54. The number of hydrogen-bond donors (Lipinski definition) is 1. The van der Waals surface area contributed by atoms with E-state index in [1.54, 1.807) is 19.9 Å². The van der Waals surface area contributed by atoms with Crippen LogP contribution < -0.4 is 15.7 Å². The van der Waals surface area contributed by atoms with Gasteiger partial charge in [-0.25, -0.2) is 4.79 Å². The number of carbonyl (C=O) groups excluding carboxylic acids is 2. The predicted octanol–water partition coefficient (Wildman–Crippen LogP) is 2.65. The van der Waals surface area contributed by atoms with Gasteiger partial charge in [0.05, 0.1) is 5.02 Å². The minimum atomic E-state index is -0.778. The first-order chi connectivity index (χ1) is 13.3. The van der Waals surface area contributed by atoms with Gasteiger partial charge in [-0.3, -0.25) is 9.59 Å². The second-order valence-electron chi connectivity index (χ2n) is 6.92. The van der Waals surface area contributed by atoms with Crippen molar-refractivity contribution < 1.29 is 18.7 Å². The lowest BCUT2D eigenvalue weighted by Crippen LogP contribution is -2.38. The molecule has 1 aliphatic rings. The van der Waals surface area contributed by atoms with Gasteiger partial charge in [-0.2, -0.15) is 0 Å². The molecule has 150 valence electrons. The molecule has 1 saturated heterocycles. The third-order valence-corrected chi connectivity index (χ3v) is 5.05. The van der Waals surface area contributed by atoms with E-state index in [9.17, 15) is 14.4 Å². The van der Waals surface area contributed by atoms with Gasteiger partial charge in [0.15, 0.2) is 6.10 Å². The summed E-state index contributed by atoms with van der Waals surface area (Å²) in [7, 11) is 0. The molecule has 2 aromatic rings. The van der Waals surface area contributed by atoms with Crippen molar-refractivity contribution in [3.63, 3.8) is 0 Å². The average molecular weight is 407 g/mol. The van der Waals surface area contributed by atoms with Gasteiger partial charge in [0.1, 0.15) is 11.3 Å². The highest BCUT2D eigenvalue weighted by Gasteiger charge is 2.20. The van der Waals surface area contributed by atoms with Crippen molar-refractivity contribution in [1.29, 1.82) is 0 Å². The molecule has 1 aliphatic heterocycles. The number of nitrogens with one attached hydrogen (secondary N) is 1. The Bertz CT molecular complexity index is 955. The maximum absolute atomic E-state index is 12.3. The molecule has 0 bridgehead atoms. The highest BCUT2D eigenvalue weighted by atomic mass is 35.5. The predicted molar refractivity (Wildman–Crippen MR) is 106 cm³/mol. The summed E-state index contributed by atoms with van der Waals surface area (Å²) in [6.45, 7) is 5.30. The molecule has 0 aliphatic carbocycles. The number of hydrogen-bond acceptors (Lipinski definition) is 5. The Morgan fingerprint density at radius 1 is 1.36 bits per heavy atom. The third kappa shape index (κ3) is 4.65. The monoisotopic (exact) mass is 406 g/mol. The topological polar surface area (TPSA) is 88.8 Å². The van der Waals surface area contributed by atoms with Crippen LogP contribution in [0.5, 0.6) is 5.75 Å². The zero-order chi connectivity index (χ0) is 20.3. The van der Waals surface area contributed by atoms with E-state index in [2.05, 4.69) is 5.32 Å². The van der Waals surface area contributed by atoms with Crippen LogP contribution in [0.25, 0.3) is 11.0 Å². The summed E-state index contributed by atoms with van der Waals surface area (Å²) in [6, 6.07) is 4.57. The number of nitrogens with zero attached hydrogens (tertiary/aromatic N) is 1. The van der Waals surface area contributed by atoms with Crippen LogP contribution >= 0.6 is 11.6 Å². The van der Waals surface area contributed by atoms with Crippen molar-refractivity contribution >= 4 is 34.4 Å². The number of rotatable bonds is 7. The maximum atomic E-state index is 12.3. The summed E-state index contributed by atoms with van der Waals surface area (Å²) in [5.41, 5.74) is 0.648. The molecule has 0 unspecified atom stereocenters. The SMILES string of the molecule is Cc1cc(=O)oc2cc(O[C@@H](C)C(=O)NCCCN3CCCC3=O)c(Cl)cc12. The highest BCUT2D eigenvalue weighted by Crippen LogP contribution is 2.31. The van der Waals surface area contributed by atoms with E-state index < -0.39 is 11.7 Å². The van der Waals surface area contributed by atoms with E-state index in [4.69, 9.17) is 20.8 Å². The van der Waals surface area contributed by atoms with Crippen molar-refractivity contribution in [3.8, 4) is 5.75 Å². The van der Waals surface area contributed by atoms with E-state index in [1.165, 1.54) is 12.1 Å². The first-order valence-electron chi connectivity index (χ1n) is 9.31. The summed E-state index contributed by atoms with van der Waals surface area (Å²) < 4.78 is 10.9. The van der Waals surface area contributed by atoms with Gasteiger partial charge in [0.25, 0.3) is 5.91 Å². The maximum Gasteiger partial charge on any atom is 0.336 e. The second-order valence-corrected chi connectivity index (χ2v) is 7.32. The van der Waals surface area contributed by atoms with E-state index in [-0.39, 0.29) is 17.6 Å². The molecule has 2 amide bonds. The molecular weight excluding hydrogens is 384 g/mol. The normalized spacial score (nSPS) is 15.1. The molecule has 7 nitrogen and oxygen atoms in total. The van der Waals surface area contributed by atoms with E-state index in [0.29, 0.717) is 41.9 Å². The Balaban J connectivity index is 1.56. The molecule has 3 rings (SSSR count). The largest absolute Gasteiger partial charge is 0.479 e. The minimum Gasteiger partial charge on any atom is -0.479 e. The zero-order valence-electron chi connectivity index (χ0n) is 15.9. The lowest BCUT2D eigenvalue weighted by Gasteiger charge is -2.18. The van der Waals surface area contributed by atoms with Crippen LogP contribution in [0.2, 0.25) is 5.02 Å². The lowest BCUT2D eigenvalue weighted by atomic mass is 10.1. The van der Waals surface area contributed by atoms with Crippen molar-refractivity contribution in [2.24, 2.45) is 0 Å². The van der Waals surface area contributed by atoms with Crippen molar-refractivity contribution in [2.45, 2.75) is 39.2 Å². The lowest BCUT2D eigenvalue weighted by molar-refractivity contribution is -0.127.